The number of nitrogens with zero attached hydrogens (tertiary/aromatic N) is 1. The summed E-state index contributed by atoms with van der Waals surface area (Å²) in [7, 11) is -4.17. The average Bonchev–Trinajstić information content (AvgIpc) is 3.45. The number of para-hydroxylation sites is 2. The summed E-state index contributed by atoms with van der Waals surface area (Å²) in [6, 6.07) is 33.2. The van der Waals surface area contributed by atoms with Gasteiger partial charge in [-0.25, -0.2) is 9.36 Å². The molecule has 0 fully saturated rings. The molecule has 0 aromatic heterocycles. The number of ether oxygens (including phenoxy) is 1. The molecule has 3 N–H and O–H groups in total. The Balaban J connectivity index is 1.46. The summed E-state index contributed by atoms with van der Waals surface area (Å²) in [5.41, 5.74) is 8.02. The summed E-state index contributed by atoms with van der Waals surface area (Å²) in [4.78, 5) is 28.8. The summed E-state index contributed by atoms with van der Waals surface area (Å²) in [6.45, 7) is 0.662. The lowest BCUT2D eigenvalue weighted by Gasteiger charge is -2.33. The maximum Gasteiger partial charge on any atom is 0.457 e. The van der Waals surface area contributed by atoms with E-state index in [4.69, 9.17) is 19.5 Å². The van der Waals surface area contributed by atoms with E-state index >= 15 is 4.57 Å². The van der Waals surface area contributed by atoms with E-state index in [0.717, 1.165) is 11.1 Å². The Morgan fingerprint density at radius 3 is 2.00 bits per heavy atom. The molecule has 1 aliphatic rings. The first-order valence-electron chi connectivity index (χ1n) is 14.6. The monoisotopic (exact) mass is 613 g/mol. The van der Waals surface area contributed by atoms with Gasteiger partial charge in [-0.15, -0.1) is 0 Å². The second kappa shape index (κ2) is 14.7. The smallest absolute Gasteiger partial charge is 0.445 e. The van der Waals surface area contributed by atoms with E-state index in [1.54, 1.807) is 48.5 Å². The van der Waals surface area contributed by atoms with Crippen LogP contribution < -0.4 is 20.1 Å². The molecule has 0 saturated heterocycles. The fourth-order valence-electron chi connectivity index (χ4n) is 5.14. The van der Waals surface area contributed by atoms with Crippen molar-refractivity contribution in [1.82, 2.24) is 10.2 Å². The molecule has 2 unspecified atom stereocenters. The molecule has 228 valence electrons. The van der Waals surface area contributed by atoms with Crippen LogP contribution in [0, 0.1) is 0 Å². The van der Waals surface area contributed by atoms with Gasteiger partial charge in [0, 0.05) is 6.54 Å². The van der Waals surface area contributed by atoms with E-state index in [1.807, 2.05) is 66.7 Å². The van der Waals surface area contributed by atoms with Crippen molar-refractivity contribution in [2.75, 3.05) is 6.54 Å². The average molecular weight is 614 g/mol. The fraction of sp³-hybridized carbons (Fsp3) is 0.235. The van der Waals surface area contributed by atoms with Gasteiger partial charge in [-0.3, -0.25) is 4.79 Å². The zero-order chi connectivity index (χ0) is 30.8. The Labute approximate surface area is 257 Å². The van der Waals surface area contributed by atoms with Crippen molar-refractivity contribution in [3.05, 3.63) is 132 Å². The number of rotatable bonds is 13. The van der Waals surface area contributed by atoms with Crippen molar-refractivity contribution < 1.29 is 27.9 Å². The van der Waals surface area contributed by atoms with Gasteiger partial charge in [0.25, 0.3) is 0 Å². The lowest BCUT2D eigenvalue weighted by atomic mass is 10.1. The third-order valence-corrected chi connectivity index (χ3v) is 9.34. The first-order valence-corrected chi connectivity index (χ1v) is 16.2. The van der Waals surface area contributed by atoms with Crippen LogP contribution in [0.25, 0.3) is 0 Å². The lowest BCUT2D eigenvalue weighted by Crippen LogP contribution is -2.48. The molecule has 5 rings (SSSR count). The quantitative estimate of drug-likeness (QED) is 0.126. The molecule has 2 atom stereocenters. The number of nitrogens with one attached hydrogen (secondary N) is 1. The van der Waals surface area contributed by atoms with Crippen LogP contribution in [0.2, 0.25) is 0 Å². The van der Waals surface area contributed by atoms with Crippen LogP contribution in [-0.4, -0.2) is 29.5 Å². The van der Waals surface area contributed by atoms with Crippen molar-refractivity contribution in [3.63, 3.8) is 0 Å². The van der Waals surface area contributed by atoms with Gasteiger partial charge in [-0.1, -0.05) is 91.0 Å². The Morgan fingerprint density at radius 2 is 1.39 bits per heavy atom. The normalized spacial score (nSPS) is 14.8. The molecule has 0 bridgehead atoms. The van der Waals surface area contributed by atoms with E-state index in [9.17, 15) is 9.59 Å². The van der Waals surface area contributed by atoms with Crippen molar-refractivity contribution in [2.24, 2.45) is 5.73 Å². The molecule has 1 heterocycles. The van der Waals surface area contributed by atoms with Gasteiger partial charge in [0.2, 0.25) is 5.91 Å². The van der Waals surface area contributed by atoms with Gasteiger partial charge in [0.05, 0.1) is 0 Å². The molecule has 2 amide bonds. The van der Waals surface area contributed by atoms with Crippen LogP contribution in [0.5, 0.6) is 11.5 Å². The second-order valence-corrected chi connectivity index (χ2v) is 12.4. The molecule has 0 spiro atoms. The number of fused-ring (bicyclic) bond motifs is 1. The zero-order valence-electron chi connectivity index (χ0n) is 24.3. The van der Waals surface area contributed by atoms with Crippen molar-refractivity contribution in [2.45, 2.75) is 44.2 Å². The third-order valence-electron chi connectivity index (χ3n) is 7.25. The van der Waals surface area contributed by atoms with Gasteiger partial charge >= 0.3 is 13.7 Å². The van der Waals surface area contributed by atoms with Gasteiger partial charge in [-0.2, -0.15) is 0 Å². The molecule has 0 saturated carbocycles. The number of benzene rings is 4. The lowest BCUT2D eigenvalue weighted by molar-refractivity contribution is -0.134. The molecule has 4 aromatic rings. The number of alkyl carbamates (subject to hydrolysis) is 1. The summed E-state index contributed by atoms with van der Waals surface area (Å²) in [5, 5.41) is 2.76. The van der Waals surface area contributed by atoms with Crippen molar-refractivity contribution in [1.29, 1.82) is 0 Å². The SMILES string of the molecule is NCCCCC(NC(=O)OCc1ccccc1)C(=O)N1Cc2ccccc2C1P(=O)(Oc1ccccc1)Oc1ccccc1. The Bertz CT molecular complexity index is 1530. The molecular formula is C34H36N3O6P. The van der Waals surface area contributed by atoms with E-state index < -0.39 is 31.4 Å². The number of unbranched alkanes of at least 4 members (excludes halogenated alkanes) is 1. The highest BCUT2D eigenvalue weighted by Crippen LogP contribution is 2.64. The van der Waals surface area contributed by atoms with Gasteiger partial charge in [0.15, 0.2) is 5.78 Å². The number of carbonyl (C=O) groups is 2. The first-order chi connectivity index (χ1) is 21.5. The molecule has 44 heavy (non-hydrogen) atoms. The number of amides is 2. The van der Waals surface area contributed by atoms with Crippen LogP contribution >= 0.6 is 7.60 Å². The summed E-state index contributed by atoms with van der Waals surface area (Å²) in [5.74, 6) is -0.824. The van der Waals surface area contributed by atoms with Crippen LogP contribution in [0.3, 0.4) is 0 Å². The van der Waals surface area contributed by atoms with Crippen LogP contribution in [0.1, 0.15) is 41.7 Å². The standard InChI is InChI=1S/C34H36N3O6P/c35-23-13-12-22-31(36-34(39)41-25-26-14-4-1-5-15-26)32(38)37-24-27-16-10-11-21-30(27)33(37)44(40,42-28-17-6-2-7-18-28)43-29-19-8-3-9-20-29/h1-11,14-21,31,33H,12-13,22-25,35H2,(H,36,39). The molecule has 0 radical (unpaired) electrons. The number of carbonyl (C=O) groups excluding carboxylic acids is 2. The van der Waals surface area contributed by atoms with Crippen LogP contribution in [0.15, 0.2) is 115 Å². The molecule has 4 aromatic carbocycles. The predicted molar refractivity (Wildman–Crippen MR) is 168 cm³/mol. The van der Waals surface area contributed by atoms with E-state index in [0.29, 0.717) is 42.9 Å². The van der Waals surface area contributed by atoms with E-state index in [1.165, 1.54) is 4.90 Å². The molecular weight excluding hydrogens is 577 g/mol. The Kier molecular flexibility index (Phi) is 10.3. The summed E-state index contributed by atoms with van der Waals surface area (Å²) >= 11 is 0. The van der Waals surface area contributed by atoms with E-state index in [2.05, 4.69) is 5.32 Å². The number of hydrogen-bond acceptors (Lipinski definition) is 7. The van der Waals surface area contributed by atoms with Crippen LogP contribution in [0.4, 0.5) is 4.79 Å². The minimum Gasteiger partial charge on any atom is -0.445 e. The molecule has 0 aliphatic carbocycles. The van der Waals surface area contributed by atoms with Crippen LogP contribution in [-0.2, 0) is 27.2 Å². The molecule has 9 nitrogen and oxygen atoms in total. The minimum absolute atomic E-state index is 0.0548. The Morgan fingerprint density at radius 1 is 0.818 bits per heavy atom. The van der Waals surface area contributed by atoms with Gasteiger partial charge in [0.1, 0.15) is 24.1 Å². The second-order valence-electron chi connectivity index (χ2n) is 10.4. The summed E-state index contributed by atoms with van der Waals surface area (Å²) in [6.07, 6.45) is 0.855. The highest BCUT2D eigenvalue weighted by atomic mass is 31.2. The highest BCUT2D eigenvalue weighted by Gasteiger charge is 2.51. The largest absolute Gasteiger partial charge is 0.457 e. The zero-order valence-corrected chi connectivity index (χ0v) is 25.2. The molecule has 10 heteroatoms. The van der Waals surface area contributed by atoms with Gasteiger partial charge in [-0.05, 0) is 66.8 Å². The fourth-order valence-corrected chi connectivity index (χ4v) is 7.34. The van der Waals surface area contributed by atoms with E-state index in [-0.39, 0.29) is 13.2 Å². The summed E-state index contributed by atoms with van der Waals surface area (Å²) < 4.78 is 32.8. The molecule has 1 aliphatic heterocycles. The van der Waals surface area contributed by atoms with Crippen molar-refractivity contribution >= 4 is 19.6 Å². The van der Waals surface area contributed by atoms with Crippen molar-refractivity contribution in [3.8, 4) is 11.5 Å². The number of nitrogens with two attached hydrogens (primary N) is 1. The predicted octanol–water partition coefficient (Wildman–Crippen LogP) is 6.80. The highest BCUT2D eigenvalue weighted by molar-refractivity contribution is 7.55. The maximum atomic E-state index is 15.0. The van der Waals surface area contributed by atoms with Gasteiger partial charge < -0.3 is 29.7 Å². The maximum absolute atomic E-state index is 15.0. The topological polar surface area (TPSA) is 120 Å². The third kappa shape index (κ3) is 7.67. The first kappa shape index (κ1) is 30.9. The minimum atomic E-state index is -4.17. The number of hydrogen-bond donors (Lipinski definition) is 2. The Hall–Kier alpha value is -4.59.